The summed E-state index contributed by atoms with van der Waals surface area (Å²) >= 11 is 12.3. The summed E-state index contributed by atoms with van der Waals surface area (Å²) in [4.78, 5) is 13.1. The Morgan fingerprint density at radius 3 is 2.19 bits per heavy atom. The van der Waals surface area contributed by atoms with E-state index in [4.69, 9.17) is 27.9 Å². The smallest absolute Gasteiger partial charge is 0.263 e. The minimum atomic E-state index is -1.08. The first-order valence-corrected chi connectivity index (χ1v) is 11.1. The van der Waals surface area contributed by atoms with Crippen LogP contribution in [0.25, 0.3) is 0 Å². The molecule has 3 aromatic carbocycles. The van der Waals surface area contributed by atoms with Crippen molar-refractivity contribution in [3.05, 3.63) is 100 Å². The monoisotopic (exact) mass is 455 g/mol. The van der Waals surface area contributed by atoms with Crippen molar-refractivity contribution in [1.29, 1.82) is 0 Å². The van der Waals surface area contributed by atoms with Gasteiger partial charge in [-0.1, -0.05) is 77.8 Å². The van der Waals surface area contributed by atoms with Gasteiger partial charge in [-0.2, -0.15) is 0 Å². The number of nitrogens with one attached hydrogen (secondary N) is 1. The average molecular weight is 456 g/mol. The van der Waals surface area contributed by atoms with Crippen LogP contribution in [0.4, 0.5) is 0 Å². The molecule has 2 atom stereocenters. The van der Waals surface area contributed by atoms with Gasteiger partial charge in [0.15, 0.2) is 5.60 Å². The Balaban J connectivity index is 1.77. The minimum absolute atomic E-state index is 0.0856. The lowest BCUT2D eigenvalue weighted by atomic mass is 9.86. The molecule has 31 heavy (non-hydrogen) atoms. The molecular weight excluding hydrogens is 429 g/mol. The highest BCUT2D eigenvalue weighted by Crippen LogP contribution is 2.29. The molecule has 5 heteroatoms. The van der Waals surface area contributed by atoms with Gasteiger partial charge in [0, 0.05) is 17.0 Å². The number of amides is 1. The second-order valence-corrected chi connectivity index (χ2v) is 9.00. The van der Waals surface area contributed by atoms with Crippen LogP contribution in [0.15, 0.2) is 78.9 Å². The summed E-state index contributed by atoms with van der Waals surface area (Å²) in [6.07, 6.45) is 0.772. The van der Waals surface area contributed by atoms with Gasteiger partial charge in [-0.05, 0) is 62.6 Å². The SMILES string of the molecule is CC(NC(=O)C(C)(C)Oc1ccccc1Cl)C(Cc1ccc(Cl)cc1)c1ccccc1. The van der Waals surface area contributed by atoms with Crippen molar-refractivity contribution in [1.82, 2.24) is 5.32 Å². The topological polar surface area (TPSA) is 38.3 Å². The van der Waals surface area contributed by atoms with Crippen molar-refractivity contribution < 1.29 is 9.53 Å². The van der Waals surface area contributed by atoms with Crippen LogP contribution >= 0.6 is 23.2 Å². The molecule has 0 bridgehead atoms. The first-order valence-electron chi connectivity index (χ1n) is 10.3. The number of para-hydroxylation sites is 1. The summed E-state index contributed by atoms with van der Waals surface area (Å²) in [5.41, 5.74) is 1.24. The van der Waals surface area contributed by atoms with Crippen LogP contribution < -0.4 is 10.1 Å². The van der Waals surface area contributed by atoms with Gasteiger partial charge in [0.25, 0.3) is 5.91 Å². The highest BCUT2D eigenvalue weighted by atomic mass is 35.5. The molecule has 0 radical (unpaired) electrons. The molecule has 0 aliphatic heterocycles. The molecule has 0 saturated carbocycles. The Morgan fingerprint density at radius 1 is 0.935 bits per heavy atom. The molecule has 162 valence electrons. The Kier molecular flexibility index (Phi) is 7.64. The maximum absolute atomic E-state index is 13.1. The lowest BCUT2D eigenvalue weighted by Crippen LogP contribution is -2.51. The fourth-order valence-corrected chi connectivity index (χ4v) is 3.79. The zero-order valence-electron chi connectivity index (χ0n) is 17.9. The number of halogens is 2. The van der Waals surface area contributed by atoms with Gasteiger partial charge in [0.05, 0.1) is 5.02 Å². The summed E-state index contributed by atoms with van der Waals surface area (Å²) in [5.74, 6) is 0.372. The van der Waals surface area contributed by atoms with Crippen LogP contribution in [0.2, 0.25) is 10.0 Å². The summed E-state index contributed by atoms with van der Waals surface area (Å²) in [6, 6.07) is 25.1. The third-order valence-electron chi connectivity index (χ3n) is 5.31. The van der Waals surface area contributed by atoms with Crippen molar-refractivity contribution in [2.45, 2.75) is 44.8 Å². The van der Waals surface area contributed by atoms with E-state index in [0.29, 0.717) is 15.8 Å². The molecule has 0 fully saturated rings. The minimum Gasteiger partial charge on any atom is -0.476 e. The largest absolute Gasteiger partial charge is 0.476 e. The van der Waals surface area contributed by atoms with E-state index >= 15 is 0 Å². The van der Waals surface area contributed by atoms with E-state index in [1.807, 2.05) is 61.5 Å². The highest BCUT2D eigenvalue weighted by molar-refractivity contribution is 6.32. The quantitative estimate of drug-likeness (QED) is 0.411. The predicted octanol–water partition coefficient (Wildman–Crippen LogP) is 6.68. The summed E-state index contributed by atoms with van der Waals surface area (Å²) in [6.45, 7) is 5.52. The molecular formula is C26H27Cl2NO2. The number of carbonyl (C=O) groups is 1. The molecule has 0 aromatic heterocycles. The maximum atomic E-state index is 13.1. The van der Waals surface area contributed by atoms with Crippen LogP contribution in [0.5, 0.6) is 5.75 Å². The Hall–Kier alpha value is -2.49. The normalized spacial score (nSPS) is 13.3. The van der Waals surface area contributed by atoms with Crippen molar-refractivity contribution in [3.63, 3.8) is 0 Å². The zero-order valence-corrected chi connectivity index (χ0v) is 19.5. The lowest BCUT2D eigenvalue weighted by Gasteiger charge is -2.31. The number of ether oxygens (including phenoxy) is 1. The van der Waals surface area contributed by atoms with Crippen molar-refractivity contribution >= 4 is 29.1 Å². The van der Waals surface area contributed by atoms with Gasteiger partial charge in [0.1, 0.15) is 5.75 Å². The Labute approximate surface area is 194 Å². The lowest BCUT2D eigenvalue weighted by molar-refractivity contribution is -0.135. The van der Waals surface area contributed by atoms with Crippen LogP contribution in [0, 0.1) is 0 Å². The first-order chi connectivity index (χ1) is 14.8. The molecule has 0 aliphatic carbocycles. The zero-order chi connectivity index (χ0) is 22.4. The second kappa shape index (κ2) is 10.2. The number of carbonyl (C=O) groups excluding carboxylic acids is 1. The third-order valence-corrected chi connectivity index (χ3v) is 5.87. The average Bonchev–Trinajstić information content (AvgIpc) is 2.75. The van der Waals surface area contributed by atoms with E-state index in [0.717, 1.165) is 17.5 Å². The van der Waals surface area contributed by atoms with Gasteiger partial charge in [-0.15, -0.1) is 0 Å². The van der Waals surface area contributed by atoms with Crippen molar-refractivity contribution in [2.24, 2.45) is 0 Å². The molecule has 0 saturated heterocycles. The first kappa shape index (κ1) is 23.2. The summed E-state index contributed by atoms with van der Waals surface area (Å²) in [7, 11) is 0. The van der Waals surface area contributed by atoms with Crippen molar-refractivity contribution in [3.8, 4) is 5.75 Å². The highest BCUT2D eigenvalue weighted by Gasteiger charge is 2.33. The maximum Gasteiger partial charge on any atom is 0.263 e. The van der Waals surface area contributed by atoms with Gasteiger partial charge in [-0.25, -0.2) is 0 Å². The molecule has 0 spiro atoms. The fourth-order valence-electron chi connectivity index (χ4n) is 3.49. The molecule has 3 nitrogen and oxygen atoms in total. The van der Waals surface area contributed by atoms with E-state index in [-0.39, 0.29) is 17.9 Å². The van der Waals surface area contributed by atoms with E-state index in [1.54, 1.807) is 26.0 Å². The molecule has 1 amide bonds. The van der Waals surface area contributed by atoms with Gasteiger partial charge >= 0.3 is 0 Å². The number of rotatable bonds is 8. The van der Waals surface area contributed by atoms with Gasteiger partial charge < -0.3 is 10.1 Å². The van der Waals surface area contributed by atoms with Crippen LogP contribution in [0.1, 0.15) is 37.8 Å². The fraction of sp³-hybridized carbons (Fsp3) is 0.269. The summed E-state index contributed by atoms with van der Waals surface area (Å²) < 4.78 is 5.95. The number of hydrogen-bond donors (Lipinski definition) is 1. The van der Waals surface area contributed by atoms with E-state index < -0.39 is 5.60 Å². The molecule has 3 aromatic rings. The standard InChI is InChI=1S/C26H27Cl2NO2/c1-18(29-25(30)26(2,3)31-24-12-8-7-11-23(24)28)22(20-9-5-4-6-10-20)17-19-13-15-21(27)16-14-19/h4-16,18,22H,17H2,1-3H3,(H,29,30). The molecule has 2 unspecified atom stereocenters. The summed E-state index contributed by atoms with van der Waals surface area (Å²) in [5, 5.41) is 4.34. The second-order valence-electron chi connectivity index (χ2n) is 8.15. The Bertz CT molecular complexity index is 1000. The van der Waals surface area contributed by atoms with Crippen molar-refractivity contribution in [2.75, 3.05) is 0 Å². The molecule has 0 heterocycles. The van der Waals surface area contributed by atoms with E-state index in [9.17, 15) is 4.79 Å². The van der Waals surface area contributed by atoms with E-state index in [1.165, 1.54) is 0 Å². The van der Waals surface area contributed by atoms with Gasteiger partial charge in [0.2, 0.25) is 0 Å². The number of hydrogen-bond acceptors (Lipinski definition) is 2. The molecule has 3 rings (SSSR count). The number of benzene rings is 3. The van der Waals surface area contributed by atoms with Crippen LogP contribution in [-0.2, 0) is 11.2 Å². The van der Waals surface area contributed by atoms with E-state index in [2.05, 4.69) is 17.4 Å². The molecule has 0 aliphatic rings. The third kappa shape index (κ3) is 6.25. The van der Waals surface area contributed by atoms with Crippen LogP contribution in [-0.4, -0.2) is 17.6 Å². The Morgan fingerprint density at radius 2 is 1.55 bits per heavy atom. The van der Waals surface area contributed by atoms with Gasteiger partial charge in [-0.3, -0.25) is 4.79 Å². The predicted molar refractivity (Wildman–Crippen MR) is 128 cm³/mol. The molecule has 1 N–H and O–H groups in total. The van der Waals surface area contributed by atoms with Crippen LogP contribution in [0.3, 0.4) is 0 Å².